The molecule has 4 nitrogen and oxygen atoms in total. The molecule has 0 saturated heterocycles. The minimum atomic E-state index is 0.267. The molecule has 0 bridgehead atoms. The van der Waals surface area contributed by atoms with Crippen molar-refractivity contribution in [1.82, 2.24) is 0 Å². The fraction of sp³-hybridized carbons (Fsp3) is 0.120. The van der Waals surface area contributed by atoms with E-state index in [-0.39, 0.29) is 6.79 Å². The van der Waals surface area contributed by atoms with E-state index in [4.69, 9.17) is 25.8 Å². The fourth-order valence-electron chi connectivity index (χ4n) is 3.62. The Morgan fingerprint density at radius 3 is 2.70 bits per heavy atom. The van der Waals surface area contributed by atoms with Crippen LogP contribution in [0.4, 0.5) is 5.69 Å². The second-order valence-electron chi connectivity index (χ2n) is 7.10. The zero-order chi connectivity index (χ0) is 20.3. The Hall–Kier alpha value is -3.37. The van der Waals surface area contributed by atoms with Gasteiger partial charge in [0.15, 0.2) is 11.5 Å². The van der Waals surface area contributed by atoms with E-state index in [0.29, 0.717) is 18.2 Å². The molecule has 0 radical (unpaired) electrons. The van der Waals surface area contributed by atoms with Crippen molar-refractivity contribution >= 4 is 28.1 Å². The Bertz CT molecular complexity index is 1210. The third-order valence-electron chi connectivity index (χ3n) is 5.12. The Kier molecular flexibility index (Phi) is 5.08. The van der Waals surface area contributed by atoms with Crippen LogP contribution in [0.15, 0.2) is 78.9 Å². The Morgan fingerprint density at radius 2 is 1.77 bits per heavy atom. The van der Waals surface area contributed by atoms with Crippen molar-refractivity contribution in [3.8, 4) is 17.2 Å². The molecule has 0 unspecified atom stereocenters. The van der Waals surface area contributed by atoms with Gasteiger partial charge in [-0.25, -0.2) is 0 Å². The topological polar surface area (TPSA) is 39.7 Å². The molecule has 0 saturated carbocycles. The van der Waals surface area contributed by atoms with Crippen molar-refractivity contribution < 1.29 is 14.2 Å². The number of halogens is 1. The number of benzene rings is 4. The van der Waals surface area contributed by atoms with Gasteiger partial charge in [0.05, 0.1) is 0 Å². The smallest absolute Gasteiger partial charge is 0.231 e. The highest BCUT2D eigenvalue weighted by Gasteiger charge is 2.14. The molecule has 4 aromatic carbocycles. The maximum absolute atomic E-state index is 6.21. The van der Waals surface area contributed by atoms with Gasteiger partial charge in [0.2, 0.25) is 6.79 Å². The average Bonchev–Trinajstić information content (AvgIpc) is 3.24. The SMILES string of the molecule is Clc1cccc(COc2ccc3ccccc3c2CNc2ccc3c(c2)OCO3)c1. The molecule has 5 heteroatoms. The fourth-order valence-corrected chi connectivity index (χ4v) is 3.83. The lowest BCUT2D eigenvalue weighted by molar-refractivity contribution is 0.174. The van der Waals surface area contributed by atoms with Gasteiger partial charge >= 0.3 is 0 Å². The number of hydrogen-bond acceptors (Lipinski definition) is 4. The molecule has 0 spiro atoms. The van der Waals surface area contributed by atoms with Gasteiger partial charge in [-0.2, -0.15) is 0 Å². The highest BCUT2D eigenvalue weighted by Crippen LogP contribution is 2.35. The third kappa shape index (κ3) is 3.87. The van der Waals surface area contributed by atoms with Gasteiger partial charge in [-0.1, -0.05) is 54.1 Å². The highest BCUT2D eigenvalue weighted by atomic mass is 35.5. The number of rotatable bonds is 6. The normalized spacial score (nSPS) is 12.2. The number of ether oxygens (including phenoxy) is 3. The zero-order valence-electron chi connectivity index (χ0n) is 16.2. The van der Waals surface area contributed by atoms with Crippen LogP contribution >= 0.6 is 11.6 Å². The second kappa shape index (κ2) is 8.17. The van der Waals surface area contributed by atoms with Gasteiger partial charge in [-0.15, -0.1) is 0 Å². The standard InChI is InChI=1S/C25H20ClNO3/c26-19-6-3-4-17(12-19)15-28-23-10-8-18-5-1-2-7-21(18)22(23)14-27-20-9-11-24-25(13-20)30-16-29-24/h1-13,27H,14-16H2. The summed E-state index contributed by atoms with van der Waals surface area (Å²) < 4.78 is 17.1. The monoisotopic (exact) mass is 417 g/mol. The van der Waals surface area contributed by atoms with E-state index < -0.39 is 0 Å². The maximum Gasteiger partial charge on any atom is 0.231 e. The van der Waals surface area contributed by atoms with Crippen LogP contribution in [0, 0.1) is 0 Å². The first kappa shape index (κ1) is 18.6. The third-order valence-corrected chi connectivity index (χ3v) is 5.36. The maximum atomic E-state index is 6.21. The van der Waals surface area contributed by atoms with Gasteiger partial charge in [0.25, 0.3) is 0 Å². The number of hydrogen-bond donors (Lipinski definition) is 1. The van der Waals surface area contributed by atoms with E-state index in [1.807, 2.05) is 60.7 Å². The second-order valence-corrected chi connectivity index (χ2v) is 7.54. The minimum Gasteiger partial charge on any atom is -0.489 e. The van der Waals surface area contributed by atoms with Gasteiger partial charge in [0, 0.05) is 28.9 Å². The summed E-state index contributed by atoms with van der Waals surface area (Å²) in [5, 5.41) is 6.54. The van der Waals surface area contributed by atoms with Crippen LogP contribution in [0.3, 0.4) is 0 Å². The van der Waals surface area contributed by atoms with Crippen LogP contribution in [0.2, 0.25) is 5.02 Å². The van der Waals surface area contributed by atoms with Gasteiger partial charge in [-0.05, 0) is 46.7 Å². The largest absolute Gasteiger partial charge is 0.489 e. The van der Waals surface area contributed by atoms with Crippen LogP contribution < -0.4 is 19.5 Å². The lowest BCUT2D eigenvalue weighted by Crippen LogP contribution is -2.05. The van der Waals surface area contributed by atoms with Crippen LogP contribution in [-0.2, 0) is 13.2 Å². The summed E-state index contributed by atoms with van der Waals surface area (Å²) in [5.41, 5.74) is 3.10. The number of fused-ring (bicyclic) bond motifs is 2. The predicted octanol–water partition coefficient (Wildman–Crippen LogP) is 6.41. The molecule has 0 fully saturated rings. The van der Waals surface area contributed by atoms with E-state index in [0.717, 1.165) is 39.4 Å². The molecule has 0 amide bonds. The first-order valence-corrected chi connectivity index (χ1v) is 10.2. The molecule has 1 aliphatic rings. The quantitative estimate of drug-likeness (QED) is 0.393. The molecule has 0 aliphatic carbocycles. The Balaban J connectivity index is 1.42. The molecule has 150 valence electrons. The molecule has 0 aromatic heterocycles. The van der Waals surface area contributed by atoms with Crippen molar-refractivity contribution in [2.45, 2.75) is 13.2 Å². The summed E-state index contributed by atoms with van der Waals surface area (Å²) in [6.45, 7) is 1.34. The Labute approximate surface area is 180 Å². The molecular weight excluding hydrogens is 398 g/mol. The number of anilines is 1. The van der Waals surface area contributed by atoms with Gasteiger partial charge < -0.3 is 19.5 Å². The van der Waals surface area contributed by atoms with E-state index in [2.05, 4.69) is 23.5 Å². The summed E-state index contributed by atoms with van der Waals surface area (Å²) in [4.78, 5) is 0. The van der Waals surface area contributed by atoms with Gasteiger partial charge in [0.1, 0.15) is 12.4 Å². The minimum absolute atomic E-state index is 0.267. The van der Waals surface area contributed by atoms with Crippen LogP contribution in [0.5, 0.6) is 17.2 Å². The summed E-state index contributed by atoms with van der Waals surface area (Å²) >= 11 is 6.11. The van der Waals surface area contributed by atoms with Crippen molar-refractivity contribution in [1.29, 1.82) is 0 Å². The molecule has 30 heavy (non-hydrogen) atoms. The summed E-state index contributed by atoms with van der Waals surface area (Å²) in [5.74, 6) is 2.38. The van der Waals surface area contributed by atoms with Crippen LogP contribution in [0.25, 0.3) is 10.8 Å². The van der Waals surface area contributed by atoms with Crippen molar-refractivity contribution in [2.24, 2.45) is 0 Å². The van der Waals surface area contributed by atoms with Crippen molar-refractivity contribution in [2.75, 3.05) is 12.1 Å². The first-order chi connectivity index (χ1) is 14.8. The van der Waals surface area contributed by atoms with E-state index >= 15 is 0 Å². The summed E-state index contributed by atoms with van der Waals surface area (Å²) in [7, 11) is 0. The first-order valence-electron chi connectivity index (χ1n) is 9.78. The highest BCUT2D eigenvalue weighted by molar-refractivity contribution is 6.30. The average molecular weight is 418 g/mol. The van der Waals surface area contributed by atoms with Gasteiger partial charge in [-0.3, -0.25) is 0 Å². The summed E-state index contributed by atoms with van der Waals surface area (Å²) in [6.07, 6.45) is 0. The molecule has 0 atom stereocenters. The summed E-state index contributed by atoms with van der Waals surface area (Å²) in [6, 6.07) is 26.1. The Morgan fingerprint density at radius 1 is 0.867 bits per heavy atom. The van der Waals surface area contributed by atoms with Crippen LogP contribution in [-0.4, -0.2) is 6.79 Å². The molecule has 5 rings (SSSR count). The lowest BCUT2D eigenvalue weighted by atomic mass is 10.0. The number of nitrogens with one attached hydrogen (secondary N) is 1. The molecule has 4 aromatic rings. The molecule has 1 aliphatic heterocycles. The van der Waals surface area contributed by atoms with E-state index in [1.165, 1.54) is 5.39 Å². The molecular formula is C25H20ClNO3. The van der Waals surface area contributed by atoms with Crippen molar-refractivity contribution in [3.05, 3.63) is 95.0 Å². The molecule has 1 N–H and O–H groups in total. The zero-order valence-corrected chi connectivity index (χ0v) is 17.0. The molecule has 1 heterocycles. The lowest BCUT2D eigenvalue weighted by Gasteiger charge is -2.16. The van der Waals surface area contributed by atoms with Crippen molar-refractivity contribution in [3.63, 3.8) is 0 Å². The van der Waals surface area contributed by atoms with Crippen LogP contribution in [0.1, 0.15) is 11.1 Å². The predicted molar refractivity (Wildman–Crippen MR) is 120 cm³/mol. The van der Waals surface area contributed by atoms with E-state index in [9.17, 15) is 0 Å². The van der Waals surface area contributed by atoms with E-state index in [1.54, 1.807) is 0 Å².